The number of aliphatic hydroxyl groups excluding tert-OH is 1. The van der Waals surface area contributed by atoms with Crippen LogP contribution in [0.4, 0.5) is 0 Å². The molecule has 0 radical (unpaired) electrons. The van der Waals surface area contributed by atoms with Gasteiger partial charge in [0.15, 0.2) is 0 Å². The van der Waals surface area contributed by atoms with Crippen LogP contribution in [0.15, 0.2) is 0 Å². The largest absolute Gasteiger partial charge is 0.394 e. The molecule has 4 nitrogen and oxygen atoms in total. The van der Waals surface area contributed by atoms with Crippen molar-refractivity contribution in [3.05, 3.63) is 0 Å². The molecule has 0 aliphatic heterocycles. The summed E-state index contributed by atoms with van der Waals surface area (Å²) >= 11 is 0. The van der Waals surface area contributed by atoms with E-state index < -0.39 is 5.54 Å². The molecule has 2 atom stereocenters. The number of hydrogen-bond donors (Lipinski definition) is 3. The van der Waals surface area contributed by atoms with Gasteiger partial charge in [0.25, 0.3) is 0 Å². The normalized spacial score (nSPS) is 17.2. The quantitative estimate of drug-likeness (QED) is 0.583. The number of aliphatic hydroxyl groups is 1. The third kappa shape index (κ3) is 5.19. The van der Waals surface area contributed by atoms with Gasteiger partial charge in [0, 0.05) is 12.5 Å². The summed E-state index contributed by atoms with van der Waals surface area (Å²) in [6, 6.07) is 0.0442. The van der Waals surface area contributed by atoms with E-state index >= 15 is 0 Å². The molecule has 0 heterocycles. The Morgan fingerprint density at radius 2 is 2.21 bits per heavy atom. The van der Waals surface area contributed by atoms with Crippen LogP contribution >= 0.6 is 0 Å². The van der Waals surface area contributed by atoms with Crippen molar-refractivity contribution in [2.24, 2.45) is 5.73 Å². The molecular formula is C10H22N2O2. The van der Waals surface area contributed by atoms with Crippen molar-refractivity contribution in [1.29, 1.82) is 0 Å². The second-order valence-electron chi connectivity index (χ2n) is 4.14. The van der Waals surface area contributed by atoms with E-state index in [2.05, 4.69) is 5.32 Å². The van der Waals surface area contributed by atoms with Gasteiger partial charge in [0.05, 0.1) is 12.1 Å². The molecule has 0 bridgehead atoms. The van der Waals surface area contributed by atoms with Crippen molar-refractivity contribution in [2.75, 3.05) is 6.61 Å². The first-order valence-corrected chi connectivity index (χ1v) is 5.11. The zero-order valence-corrected chi connectivity index (χ0v) is 9.34. The predicted octanol–water partition coefficient (Wildman–Crippen LogP) is 0.391. The highest BCUT2D eigenvalue weighted by molar-refractivity contribution is 5.76. The molecule has 0 saturated carbocycles. The number of carbonyl (C=O) groups excluding carboxylic acids is 1. The Kier molecular flexibility index (Phi) is 5.72. The van der Waals surface area contributed by atoms with E-state index in [-0.39, 0.29) is 18.6 Å². The number of hydrogen-bond acceptors (Lipinski definition) is 3. The van der Waals surface area contributed by atoms with Crippen LogP contribution in [0.25, 0.3) is 0 Å². The van der Waals surface area contributed by atoms with E-state index in [4.69, 9.17) is 10.8 Å². The van der Waals surface area contributed by atoms with Crippen molar-refractivity contribution in [2.45, 2.75) is 51.6 Å². The van der Waals surface area contributed by atoms with Crippen LogP contribution in [0.1, 0.15) is 40.0 Å². The van der Waals surface area contributed by atoms with Crippen molar-refractivity contribution < 1.29 is 9.90 Å². The molecular weight excluding hydrogens is 180 g/mol. The average molecular weight is 202 g/mol. The number of nitrogens with two attached hydrogens (primary N) is 1. The van der Waals surface area contributed by atoms with Gasteiger partial charge in [-0.05, 0) is 26.7 Å². The van der Waals surface area contributed by atoms with Crippen LogP contribution in [-0.2, 0) is 4.79 Å². The van der Waals surface area contributed by atoms with Crippen LogP contribution in [0.5, 0.6) is 0 Å². The summed E-state index contributed by atoms with van der Waals surface area (Å²) in [5.74, 6) is -0.0410. The molecule has 4 heteroatoms. The molecule has 14 heavy (non-hydrogen) atoms. The van der Waals surface area contributed by atoms with Gasteiger partial charge in [-0.2, -0.15) is 0 Å². The molecule has 1 amide bonds. The maximum atomic E-state index is 11.4. The summed E-state index contributed by atoms with van der Waals surface area (Å²) in [5.41, 5.74) is 5.05. The second-order valence-corrected chi connectivity index (χ2v) is 4.14. The summed E-state index contributed by atoms with van der Waals surface area (Å²) in [6.07, 6.45) is 1.82. The monoisotopic (exact) mass is 202 g/mol. The maximum absolute atomic E-state index is 11.4. The molecule has 0 aliphatic carbocycles. The molecule has 4 N–H and O–H groups in total. The molecule has 0 aromatic carbocycles. The number of amides is 1. The highest BCUT2D eigenvalue weighted by atomic mass is 16.3. The summed E-state index contributed by atoms with van der Waals surface area (Å²) < 4.78 is 0. The summed E-state index contributed by atoms with van der Waals surface area (Å²) in [5, 5.41) is 11.9. The Labute approximate surface area is 85.9 Å². The van der Waals surface area contributed by atoms with Crippen LogP contribution in [-0.4, -0.2) is 29.2 Å². The lowest BCUT2D eigenvalue weighted by Gasteiger charge is -2.27. The van der Waals surface area contributed by atoms with Crippen LogP contribution < -0.4 is 11.1 Å². The van der Waals surface area contributed by atoms with Gasteiger partial charge in [0.2, 0.25) is 5.91 Å². The first-order chi connectivity index (χ1) is 6.43. The van der Waals surface area contributed by atoms with E-state index in [1.807, 2.05) is 20.8 Å². The van der Waals surface area contributed by atoms with Gasteiger partial charge in [-0.1, -0.05) is 6.92 Å². The summed E-state index contributed by atoms with van der Waals surface area (Å²) in [6.45, 7) is 5.60. The Bertz CT molecular complexity index is 177. The molecule has 0 aliphatic rings. The summed E-state index contributed by atoms with van der Waals surface area (Å²) in [7, 11) is 0. The molecule has 2 unspecified atom stereocenters. The molecule has 0 aromatic heterocycles. The number of carbonyl (C=O) groups is 1. The Hall–Kier alpha value is -0.610. The van der Waals surface area contributed by atoms with Crippen molar-refractivity contribution in [1.82, 2.24) is 5.32 Å². The van der Waals surface area contributed by atoms with Crippen LogP contribution in [0.3, 0.4) is 0 Å². The smallest absolute Gasteiger partial charge is 0.220 e. The topological polar surface area (TPSA) is 75.3 Å². The van der Waals surface area contributed by atoms with Crippen molar-refractivity contribution >= 4 is 5.91 Å². The first-order valence-electron chi connectivity index (χ1n) is 5.11. The van der Waals surface area contributed by atoms with Gasteiger partial charge in [-0.15, -0.1) is 0 Å². The average Bonchev–Trinajstić information content (AvgIpc) is 2.14. The molecule has 0 aromatic rings. The third-order valence-corrected chi connectivity index (χ3v) is 2.40. The van der Waals surface area contributed by atoms with Gasteiger partial charge in [-0.25, -0.2) is 0 Å². The van der Waals surface area contributed by atoms with Gasteiger partial charge >= 0.3 is 0 Å². The number of rotatable bonds is 6. The predicted molar refractivity (Wildman–Crippen MR) is 56.8 cm³/mol. The van der Waals surface area contributed by atoms with E-state index in [0.29, 0.717) is 19.3 Å². The van der Waals surface area contributed by atoms with Crippen LogP contribution in [0.2, 0.25) is 0 Å². The minimum absolute atomic E-state index is 0.0343. The molecule has 0 spiro atoms. The van der Waals surface area contributed by atoms with Gasteiger partial charge < -0.3 is 16.2 Å². The fourth-order valence-corrected chi connectivity index (χ4v) is 0.998. The van der Waals surface area contributed by atoms with E-state index in [0.717, 1.165) is 0 Å². The zero-order chi connectivity index (χ0) is 11.2. The second kappa shape index (κ2) is 5.98. The molecule has 0 fully saturated rings. The van der Waals surface area contributed by atoms with Crippen molar-refractivity contribution in [3.63, 3.8) is 0 Å². The third-order valence-electron chi connectivity index (χ3n) is 2.40. The Morgan fingerprint density at radius 1 is 1.64 bits per heavy atom. The highest BCUT2D eigenvalue weighted by Crippen LogP contribution is 2.08. The lowest BCUT2D eigenvalue weighted by atomic mass is 10.00. The minimum atomic E-state index is -0.491. The lowest BCUT2D eigenvalue weighted by Crippen LogP contribution is -2.48. The Balaban J connectivity index is 3.92. The van der Waals surface area contributed by atoms with Crippen molar-refractivity contribution in [3.8, 4) is 0 Å². The molecule has 0 rings (SSSR count). The first kappa shape index (κ1) is 13.4. The van der Waals surface area contributed by atoms with E-state index in [1.165, 1.54) is 0 Å². The van der Waals surface area contributed by atoms with Crippen LogP contribution in [0, 0.1) is 0 Å². The lowest BCUT2D eigenvalue weighted by molar-refractivity contribution is -0.123. The SMILES string of the molecule is CCC(C)(CO)NC(=O)CCC(C)N. The van der Waals surface area contributed by atoms with E-state index in [1.54, 1.807) is 0 Å². The summed E-state index contributed by atoms with van der Waals surface area (Å²) in [4.78, 5) is 11.4. The Morgan fingerprint density at radius 3 is 2.57 bits per heavy atom. The zero-order valence-electron chi connectivity index (χ0n) is 9.34. The molecule has 0 saturated heterocycles. The van der Waals surface area contributed by atoms with E-state index in [9.17, 15) is 4.79 Å². The minimum Gasteiger partial charge on any atom is -0.394 e. The fourth-order valence-electron chi connectivity index (χ4n) is 0.998. The van der Waals surface area contributed by atoms with Gasteiger partial charge in [0.1, 0.15) is 0 Å². The standard InChI is InChI=1S/C10H22N2O2/c1-4-10(3,7-13)12-9(14)6-5-8(2)11/h8,13H,4-7,11H2,1-3H3,(H,12,14). The number of nitrogens with one attached hydrogen (secondary N) is 1. The maximum Gasteiger partial charge on any atom is 0.220 e. The highest BCUT2D eigenvalue weighted by Gasteiger charge is 2.22. The van der Waals surface area contributed by atoms with Gasteiger partial charge in [-0.3, -0.25) is 4.79 Å². The fraction of sp³-hybridized carbons (Fsp3) is 0.900. The molecule has 84 valence electrons.